The van der Waals surface area contributed by atoms with Crippen molar-refractivity contribution in [3.8, 4) is 5.75 Å². The molecule has 0 saturated carbocycles. The van der Waals surface area contributed by atoms with Gasteiger partial charge in [-0.15, -0.1) is 0 Å². The van der Waals surface area contributed by atoms with Crippen LogP contribution in [0.25, 0.3) is 0 Å². The molecule has 2 aromatic carbocycles. The number of ether oxygens (including phenoxy) is 1. The Morgan fingerprint density at radius 1 is 1.12 bits per heavy atom. The van der Waals surface area contributed by atoms with Gasteiger partial charge in [0.15, 0.2) is 5.17 Å². The van der Waals surface area contributed by atoms with Crippen LogP contribution in [-0.4, -0.2) is 53.2 Å². The summed E-state index contributed by atoms with van der Waals surface area (Å²) in [5.41, 5.74) is 1.99. The molecule has 2 heterocycles. The zero-order valence-corrected chi connectivity index (χ0v) is 19.9. The van der Waals surface area contributed by atoms with Crippen LogP contribution in [0, 0.1) is 0 Å². The normalized spacial score (nSPS) is 17.8. The molecule has 2 aliphatic heterocycles. The second kappa shape index (κ2) is 11.2. The van der Waals surface area contributed by atoms with E-state index >= 15 is 0 Å². The molecule has 2 aromatic rings. The van der Waals surface area contributed by atoms with Gasteiger partial charge in [0.1, 0.15) is 11.0 Å². The number of rotatable bonds is 7. The Hall–Kier alpha value is -3.33. The van der Waals surface area contributed by atoms with Gasteiger partial charge < -0.3 is 20.3 Å². The molecule has 2 aliphatic rings. The van der Waals surface area contributed by atoms with Gasteiger partial charge in [0.2, 0.25) is 5.91 Å². The van der Waals surface area contributed by atoms with Crippen molar-refractivity contribution in [2.24, 2.45) is 4.99 Å². The smallest absolute Gasteiger partial charge is 0.262 e. The highest BCUT2D eigenvalue weighted by Crippen LogP contribution is 2.29. The Labute approximate surface area is 203 Å². The number of amides is 3. The first-order valence-corrected chi connectivity index (χ1v) is 12.2. The van der Waals surface area contributed by atoms with Gasteiger partial charge in [0, 0.05) is 37.3 Å². The first-order valence-electron chi connectivity index (χ1n) is 11.4. The number of anilines is 1. The third kappa shape index (κ3) is 6.17. The maximum absolute atomic E-state index is 12.5. The van der Waals surface area contributed by atoms with E-state index in [2.05, 4.69) is 20.5 Å². The number of carbonyl (C=O) groups excluding carboxylic acids is 3. The number of hydrogen-bond donors (Lipinski definition) is 2. The summed E-state index contributed by atoms with van der Waals surface area (Å²) in [7, 11) is 1.60. The molecule has 2 N–H and O–H groups in total. The Bertz CT molecular complexity index is 1080. The van der Waals surface area contributed by atoms with E-state index in [1.807, 2.05) is 24.3 Å². The van der Waals surface area contributed by atoms with Crippen LogP contribution in [-0.2, 0) is 16.1 Å². The SMILES string of the molecule is COc1cccc(CNC(=O)c2ccc(NC(=O)C[C@H]3SC(N4CCCCC4)=NC3=O)cc2)c1. The van der Waals surface area contributed by atoms with Crippen LogP contribution in [0.2, 0.25) is 0 Å². The van der Waals surface area contributed by atoms with E-state index in [0.717, 1.165) is 42.4 Å². The van der Waals surface area contributed by atoms with Crippen LogP contribution in [0.4, 0.5) is 5.69 Å². The molecular weight excluding hydrogens is 452 g/mol. The molecule has 1 fully saturated rings. The zero-order chi connectivity index (χ0) is 23.9. The Balaban J connectivity index is 1.25. The molecular formula is C25H28N4O4S. The van der Waals surface area contributed by atoms with Crippen molar-refractivity contribution in [3.05, 3.63) is 59.7 Å². The molecule has 0 radical (unpaired) electrons. The third-order valence-electron chi connectivity index (χ3n) is 5.74. The maximum Gasteiger partial charge on any atom is 0.262 e. The molecule has 4 rings (SSSR count). The summed E-state index contributed by atoms with van der Waals surface area (Å²) in [4.78, 5) is 43.5. The lowest BCUT2D eigenvalue weighted by Gasteiger charge is -2.27. The quantitative estimate of drug-likeness (QED) is 0.630. The van der Waals surface area contributed by atoms with Gasteiger partial charge in [-0.1, -0.05) is 23.9 Å². The molecule has 0 unspecified atom stereocenters. The van der Waals surface area contributed by atoms with E-state index < -0.39 is 5.25 Å². The monoisotopic (exact) mass is 480 g/mol. The first-order chi connectivity index (χ1) is 16.5. The Kier molecular flexibility index (Phi) is 7.84. The number of thioether (sulfide) groups is 1. The molecule has 1 atom stereocenters. The highest BCUT2D eigenvalue weighted by molar-refractivity contribution is 8.15. The molecule has 8 nitrogen and oxygen atoms in total. The molecule has 1 saturated heterocycles. The molecule has 0 bridgehead atoms. The van der Waals surface area contributed by atoms with Crippen molar-refractivity contribution >= 4 is 40.3 Å². The Morgan fingerprint density at radius 3 is 2.62 bits per heavy atom. The summed E-state index contributed by atoms with van der Waals surface area (Å²) in [6.45, 7) is 2.21. The summed E-state index contributed by atoms with van der Waals surface area (Å²) in [6.07, 6.45) is 3.48. The lowest BCUT2D eigenvalue weighted by atomic mass is 10.1. The number of piperidine rings is 1. The van der Waals surface area contributed by atoms with Crippen molar-refractivity contribution in [1.82, 2.24) is 10.2 Å². The summed E-state index contributed by atoms with van der Waals surface area (Å²) in [5, 5.41) is 5.93. The number of benzene rings is 2. The summed E-state index contributed by atoms with van der Waals surface area (Å²) in [5.74, 6) is 0.0230. The molecule has 9 heteroatoms. The average Bonchev–Trinajstić information content (AvgIpc) is 3.23. The van der Waals surface area contributed by atoms with E-state index in [1.54, 1.807) is 31.4 Å². The van der Waals surface area contributed by atoms with Crippen molar-refractivity contribution in [1.29, 1.82) is 0 Å². The van der Waals surface area contributed by atoms with Gasteiger partial charge in [-0.05, 0) is 61.2 Å². The molecule has 34 heavy (non-hydrogen) atoms. The van der Waals surface area contributed by atoms with E-state index in [1.165, 1.54) is 18.2 Å². The number of nitrogens with zero attached hydrogens (tertiary/aromatic N) is 2. The first kappa shape index (κ1) is 23.8. The van der Waals surface area contributed by atoms with E-state index in [4.69, 9.17) is 4.74 Å². The number of aliphatic imine (C=N–C) groups is 1. The van der Waals surface area contributed by atoms with Crippen molar-refractivity contribution < 1.29 is 19.1 Å². The van der Waals surface area contributed by atoms with Crippen LogP contribution >= 0.6 is 11.8 Å². The van der Waals surface area contributed by atoms with Gasteiger partial charge >= 0.3 is 0 Å². The number of amidine groups is 1. The van der Waals surface area contributed by atoms with Crippen molar-refractivity contribution in [2.45, 2.75) is 37.5 Å². The maximum atomic E-state index is 12.5. The topological polar surface area (TPSA) is 100 Å². The van der Waals surface area contributed by atoms with E-state index in [-0.39, 0.29) is 24.1 Å². The number of methoxy groups -OCH3 is 1. The van der Waals surface area contributed by atoms with Gasteiger partial charge in [0.05, 0.1) is 7.11 Å². The van der Waals surface area contributed by atoms with Crippen LogP contribution in [0.1, 0.15) is 41.6 Å². The highest BCUT2D eigenvalue weighted by Gasteiger charge is 2.33. The second-order valence-corrected chi connectivity index (χ2v) is 9.42. The standard InChI is InChI=1S/C25H28N4O4S/c1-33-20-7-5-6-17(14-20)16-26-23(31)18-8-10-19(11-9-18)27-22(30)15-21-24(32)28-25(34-21)29-12-3-2-4-13-29/h5-11,14,21H,2-4,12-13,15-16H2,1H3,(H,26,31)(H,27,30)/t21-/m1/s1. The van der Waals surface area contributed by atoms with E-state index in [0.29, 0.717) is 17.8 Å². The van der Waals surface area contributed by atoms with Crippen molar-refractivity contribution in [2.75, 3.05) is 25.5 Å². The predicted octanol–water partition coefficient (Wildman–Crippen LogP) is 3.44. The van der Waals surface area contributed by atoms with Crippen LogP contribution in [0.15, 0.2) is 53.5 Å². The molecule has 0 aromatic heterocycles. The summed E-state index contributed by atoms with van der Waals surface area (Å²) in [6, 6.07) is 14.2. The van der Waals surface area contributed by atoms with Gasteiger partial charge in [0.25, 0.3) is 11.8 Å². The minimum atomic E-state index is -0.487. The molecule has 0 aliphatic carbocycles. The minimum Gasteiger partial charge on any atom is -0.497 e. The zero-order valence-electron chi connectivity index (χ0n) is 19.1. The lowest BCUT2D eigenvalue weighted by Crippen LogP contribution is -2.33. The number of carbonyl (C=O) groups is 3. The van der Waals surface area contributed by atoms with Crippen LogP contribution < -0.4 is 15.4 Å². The summed E-state index contributed by atoms with van der Waals surface area (Å²) >= 11 is 1.38. The molecule has 178 valence electrons. The van der Waals surface area contributed by atoms with Crippen molar-refractivity contribution in [3.63, 3.8) is 0 Å². The second-order valence-electron chi connectivity index (χ2n) is 8.25. The van der Waals surface area contributed by atoms with E-state index in [9.17, 15) is 14.4 Å². The van der Waals surface area contributed by atoms with Crippen LogP contribution in [0.3, 0.4) is 0 Å². The number of nitrogens with one attached hydrogen (secondary N) is 2. The molecule has 0 spiro atoms. The average molecular weight is 481 g/mol. The largest absolute Gasteiger partial charge is 0.497 e. The number of likely N-dealkylation sites (tertiary alicyclic amines) is 1. The van der Waals surface area contributed by atoms with Gasteiger partial charge in [-0.2, -0.15) is 4.99 Å². The number of hydrogen-bond acceptors (Lipinski definition) is 6. The highest BCUT2D eigenvalue weighted by atomic mass is 32.2. The Morgan fingerprint density at radius 2 is 1.88 bits per heavy atom. The fourth-order valence-electron chi connectivity index (χ4n) is 3.88. The fourth-order valence-corrected chi connectivity index (χ4v) is 5.00. The molecule has 3 amide bonds. The summed E-state index contributed by atoms with van der Waals surface area (Å²) < 4.78 is 5.20. The van der Waals surface area contributed by atoms with Gasteiger partial charge in [-0.3, -0.25) is 14.4 Å². The fraction of sp³-hybridized carbons (Fsp3) is 0.360. The van der Waals surface area contributed by atoms with Crippen LogP contribution in [0.5, 0.6) is 5.75 Å². The minimum absolute atomic E-state index is 0.0626. The third-order valence-corrected chi connectivity index (χ3v) is 6.96. The van der Waals surface area contributed by atoms with Gasteiger partial charge in [-0.25, -0.2) is 0 Å². The lowest BCUT2D eigenvalue weighted by molar-refractivity contribution is -0.121. The predicted molar refractivity (Wildman–Crippen MR) is 133 cm³/mol.